The van der Waals surface area contributed by atoms with Crippen LogP contribution in [0.15, 0.2) is 34.1 Å². The van der Waals surface area contributed by atoms with Gasteiger partial charge in [0.05, 0.1) is 0 Å². The van der Waals surface area contributed by atoms with Crippen molar-refractivity contribution in [3.63, 3.8) is 0 Å². The van der Waals surface area contributed by atoms with Gasteiger partial charge in [-0.25, -0.2) is 0 Å². The third-order valence-corrected chi connectivity index (χ3v) is 5.27. The van der Waals surface area contributed by atoms with Gasteiger partial charge >= 0.3 is 0 Å². The molecule has 0 aromatic heterocycles. The van der Waals surface area contributed by atoms with E-state index in [1.54, 1.807) is 0 Å². The SMILES string of the molecule is COC(c1cc(O)cc(S(=O)(=O)O)c1O)c1cc(O)cc(S(=O)(=O)O)c1O. The zero-order valence-electron chi connectivity index (χ0n) is 13.4. The minimum Gasteiger partial charge on any atom is -0.508 e. The van der Waals surface area contributed by atoms with E-state index in [4.69, 9.17) is 13.8 Å². The molecule has 2 aromatic carbocycles. The lowest BCUT2D eigenvalue weighted by atomic mass is 9.99. The summed E-state index contributed by atoms with van der Waals surface area (Å²) in [5.74, 6) is -3.55. The van der Waals surface area contributed by atoms with Crippen molar-refractivity contribution in [2.75, 3.05) is 7.11 Å². The molecule has 0 saturated carbocycles. The maximum absolute atomic E-state index is 11.4. The highest BCUT2D eigenvalue weighted by Crippen LogP contribution is 2.44. The third kappa shape index (κ3) is 4.06. The van der Waals surface area contributed by atoms with Crippen LogP contribution in [0.5, 0.6) is 23.0 Å². The molecule has 2 aromatic rings. The zero-order chi connectivity index (χ0) is 20.7. The number of hydrogen-bond donors (Lipinski definition) is 6. The van der Waals surface area contributed by atoms with Crippen molar-refractivity contribution in [2.24, 2.45) is 0 Å². The lowest BCUT2D eigenvalue weighted by Crippen LogP contribution is -2.09. The average molecular weight is 422 g/mol. The first kappa shape index (κ1) is 20.7. The van der Waals surface area contributed by atoms with Gasteiger partial charge in [0, 0.05) is 30.4 Å². The van der Waals surface area contributed by atoms with Crippen molar-refractivity contribution in [3.05, 3.63) is 35.4 Å². The largest absolute Gasteiger partial charge is 0.508 e. The van der Waals surface area contributed by atoms with Gasteiger partial charge in [-0.1, -0.05) is 0 Å². The van der Waals surface area contributed by atoms with Gasteiger partial charge in [-0.3, -0.25) is 9.11 Å². The monoisotopic (exact) mass is 422 g/mol. The second-order valence-electron chi connectivity index (χ2n) is 5.33. The van der Waals surface area contributed by atoms with Crippen molar-refractivity contribution in [3.8, 4) is 23.0 Å². The zero-order valence-corrected chi connectivity index (χ0v) is 15.1. The van der Waals surface area contributed by atoms with Crippen LogP contribution in [0.1, 0.15) is 17.2 Å². The Hall–Kier alpha value is -2.58. The number of phenolic OH excluding ortho intramolecular Hbond substituents is 4. The van der Waals surface area contributed by atoms with Gasteiger partial charge in [-0.05, 0) is 12.1 Å². The lowest BCUT2D eigenvalue weighted by Gasteiger charge is -2.21. The Labute approximate surface area is 153 Å². The Kier molecular flexibility index (Phi) is 5.27. The molecule has 0 unspecified atom stereocenters. The van der Waals surface area contributed by atoms with Crippen LogP contribution in [0.2, 0.25) is 0 Å². The molecule has 0 atom stereocenters. The van der Waals surface area contributed by atoms with Gasteiger partial charge in [-0.2, -0.15) is 16.8 Å². The van der Waals surface area contributed by atoms with Crippen molar-refractivity contribution < 1.29 is 51.1 Å². The minimum atomic E-state index is -4.97. The van der Waals surface area contributed by atoms with Crippen molar-refractivity contribution in [2.45, 2.75) is 15.9 Å². The fraction of sp³-hybridized carbons (Fsp3) is 0.143. The first-order valence-corrected chi connectivity index (χ1v) is 9.75. The Balaban J connectivity index is 2.84. The molecule has 13 heteroatoms. The minimum absolute atomic E-state index is 0.493. The van der Waals surface area contributed by atoms with E-state index in [9.17, 15) is 37.3 Å². The molecule has 0 radical (unpaired) electrons. The van der Waals surface area contributed by atoms with Gasteiger partial charge in [0.1, 0.15) is 38.9 Å². The smallest absolute Gasteiger partial charge is 0.298 e. The van der Waals surface area contributed by atoms with E-state index in [2.05, 4.69) is 0 Å². The van der Waals surface area contributed by atoms with Gasteiger partial charge in [0.15, 0.2) is 0 Å². The van der Waals surface area contributed by atoms with Crippen LogP contribution in [-0.4, -0.2) is 53.5 Å². The standard InChI is InChI=1S/C14H14O11S2/c1-25-14(8-2-6(15)4-10(12(8)17)26(19,20)21)9-3-7(16)5-11(13(9)18)27(22,23)24/h2-5,14-18H,1H3,(H,19,20,21)(H,22,23,24). The summed E-state index contributed by atoms with van der Waals surface area (Å²) in [6, 6.07) is 2.75. The second kappa shape index (κ2) is 6.86. The molecular formula is C14H14O11S2. The highest BCUT2D eigenvalue weighted by atomic mass is 32.2. The van der Waals surface area contributed by atoms with Crippen LogP contribution in [0.3, 0.4) is 0 Å². The Morgan fingerprint density at radius 2 is 1.07 bits per heavy atom. The average Bonchev–Trinajstić information content (AvgIpc) is 2.51. The normalized spacial score (nSPS) is 12.4. The highest BCUT2D eigenvalue weighted by Gasteiger charge is 2.30. The van der Waals surface area contributed by atoms with Gasteiger partial charge in [0.2, 0.25) is 0 Å². The Morgan fingerprint density at radius 1 is 0.741 bits per heavy atom. The Bertz CT molecular complexity index is 1020. The second-order valence-corrected chi connectivity index (χ2v) is 8.11. The van der Waals surface area contributed by atoms with E-state index >= 15 is 0 Å². The molecule has 0 saturated heterocycles. The van der Waals surface area contributed by atoms with Crippen LogP contribution in [0.4, 0.5) is 0 Å². The molecule has 0 aliphatic carbocycles. The number of phenols is 4. The summed E-state index contributed by atoms with van der Waals surface area (Å²) in [6.45, 7) is 0. The summed E-state index contributed by atoms with van der Waals surface area (Å²) in [5.41, 5.74) is -0.986. The quantitative estimate of drug-likeness (QED) is 0.293. The summed E-state index contributed by atoms with van der Waals surface area (Å²) >= 11 is 0. The predicted molar refractivity (Wildman–Crippen MR) is 88.0 cm³/mol. The third-order valence-electron chi connectivity index (χ3n) is 3.53. The maximum atomic E-state index is 11.4. The number of hydrogen-bond acceptors (Lipinski definition) is 9. The van der Waals surface area contributed by atoms with Crippen molar-refractivity contribution >= 4 is 20.2 Å². The molecule has 0 amide bonds. The number of ether oxygens (including phenoxy) is 1. The summed E-state index contributed by atoms with van der Waals surface area (Å²) in [5, 5.41) is 39.7. The molecule has 0 spiro atoms. The number of rotatable bonds is 5. The fourth-order valence-electron chi connectivity index (χ4n) is 2.44. The van der Waals surface area contributed by atoms with Gasteiger partial charge in [-0.15, -0.1) is 0 Å². The van der Waals surface area contributed by atoms with Crippen LogP contribution in [0, 0.1) is 0 Å². The molecular weight excluding hydrogens is 408 g/mol. The van der Waals surface area contributed by atoms with E-state index in [1.165, 1.54) is 0 Å². The summed E-state index contributed by atoms with van der Waals surface area (Å²) < 4.78 is 68.8. The number of methoxy groups -OCH3 is 1. The maximum Gasteiger partial charge on any atom is 0.298 e. The first-order chi connectivity index (χ1) is 12.3. The van der Waals surface area contributed by atoms with Crippen molar-refractivity contribution in [1.82, 2.24) is 0 Å². The molecule has 148 valence electrons. The lowest BCUT2D eigenvalue weighted by molar-refractivity contribution is 0.130. The molecule has 0 bridgehead atoms. The number of benzene rings is 2. The molecule has 11 nitrogen and oxygen atoms in total. The summed E-state index contributed by atoms with van der Waals surface area (Å²) in [6.07, 6.45) is -1.62. The van der Waals surface area contributed by atoms with E-state index < -0.39 is 70.3 Å². The Morgan fingerprint density at radius 3 is 1.33 bits per heavy atom. The van der Waals surface area contributed by atoms with Gasteiger partial charge < -0.3 is 25.2 Å². The van der Waals surface area contributed by atoms with E-state index in [1.807, 2.05) is 0 Å². The van der Waals surface area contributed by atoms with Crippen LogP contribution in [-0.2, 0) is 25.0 Å². The van der Waals surface area contributed by atoms with Crippen LogP contribution >= 0.6 is 0 Å². The van der Waals surface area contributed by atoms with E-state index in [-0.39, 0.29) is 0 Å². The summed E-state index contributed by atoms with van der Waals surface area (Å²) in [4.78, 5) is -2.15. The van der Waals surface area contributed by atoms with E-state index in [0.29, 0.717) is 12.1 Å². The van der Waals surface area contributed by atoms with Gasteiger partial charge in [0.25, 0.3) is 20.2 Å². The highest BCUT2D eigenvalue weighted by molar-refractivity contribution is 7.86. The molecule has 2 rings (SSSR count). The predicted octanol–water partition coefficient (Wildman–Crippen LogP) is 0.738. The molecule has 6 N–H and O–H groups in total. The van der Waals surface area contributed by atoms with Crippen LogP contribution in [0.25, 0.3) is 0 Å². The first-order valence-electron chi connectivity index (χ1n) is 6.87. The summed E-state index contributed by atoms with van der Waals surface area (Å²) in [7, 11) is -8.91. The van der Waals surface area contributed by atoms with E-state index in [0.717, 1.165) is 19.2 Å². The molecule has 0 aliphatic heterocycles. The topological polar surface area (TPSA) is 199 Å². The van der Waals surface area contributed by atoms with Crippen LogP contribution < -0.4 is 0 Å². The number of aromatic hydroxyl groups is 4. The molecule has 0 fully saturated rings. The molecule has 27 heavy (non-hydrogen) atoms. The van der Waals surface area contributed by atoms with Crippen molar-refractivity contribution in [1.29, 1.82) is 0 Å². The molecule has 0 heterocycles. The molecule has 0 aliphatic rings. The fourth-order valence-corrected chi connectivity index (χ4v) is 3.71.